The molecule has 8 atom stereocenters. The van der Waals surface area contributed by atoms with Crippen molar-refractivity contribution >= 4 is 11.6 Å². The normalized spacial score (nSPS) is 40.1. The van der Waals surface area contributed by atoms with E-state index in [0.717, 1.165) is 41.6 Å². The molecule has 188 valence electrons. The highest BCUT2D eigenvalue weighted by Crippen LogP contribution is 2.68. The van der Waals surface area contributed by atoms with Gasteiger partial charge in [0.2, 0.25) is 5.91 Å². The number of aryl methyl sites for hydroxylation is 1. The van der Waals surface area contributed by atoms with E-state index in [9.17, 15) is 9.18 Å². The number of nitrogens with one attached hydrogen (secondary N) is 1. The fourth-order valence-electron chi connectivity index (χ4n) is 9.77. The van der Waals surface area contributed by atoms with Crippen molar-refractivity contribution in [3.63, 3.8) is 0 Å². The van der Waals surface area contributed by atoms with Gasteiger partial charge in [0.25, 0.3) is 0 Å². The zero-order chi connectivity index (χ0) is 24.1. The summed E-state index contributed by atoms with van der Waals surface area (Å²) in [5.74, 6) is 4.80. The van der Waals surface area contributed by atoms with Gasteiger partial charge < -0.3 is 5.32 Å². The van der Waals surface area contributed by atoms with Crippen LogP contribution in [0.1, 0.15) is 103 Å². The van der Waals surface area contributed by atoms with E-state index in [0.29, 0.717) is 28.9 Å². The summed E-state index contributed by atoms with van der Waals surface area (Å²) >= 11 is 0. The summed E-state index contributed by atoms with van der Waals surface area (Å²) in [5.41, 5.74) is 2.58. The highest BCUT2D eigenvalue weighted by Gasteiger charge is 2.60. The number of benzene rings is 1. The molecule has 0 aromatic heterocycles. The number of amides is 1. The summed E-state index contributed by atoms with van der Waals surface area (Å²) in [6.07, 6.45) is 15.9. The Morgan fingerprint density at radius 2 is 1.82 bits per heavy atom. The first kappa shape index (κ1) is 24.3. The van der Waals surface area contributed by atoms with E-state index in [1.807, 2.05) is 6.92 Å². The number of hydrogen-bond acceptors (Lipinski definition) is 1. The second kappa shape index (κ2) is 9.25. The minimum atomic E-state index is -0.300. The summed E-state index contributed by atoms with van der Waals surface area (Å²) in [6, 6.07) is 4.60. The fourth-order valence-corrected chi connectivity index (χ4v) is 9.77. The van der Waals surface area contributed by atoms with Crippen LogP contribution in [0.25, 0.3) is 0 Å². The van der Waals surface area contributed by atoms with Crippen molar-refractivity contribution < 1.29 is 9.18 Å². The lowest BCUT2D eigenvalue weighted by Gasteiger charge is -2.61. The average molecular weight is 468 g/mol. The van der Waals surface area contributed by atoms with E-state index in [1.54, 1.807) is 6.07 Å². The third-order valence-electron chi connectivity index (χ3n) is 11.6. The van der Waals surface area contributed by atoms with Crippen molar-refractivity contribution in [1.29, 1.82) is 0 Å². The number of carbonyl (C=O) groups excluding carboxylic acids is 1. The van der Waals surface area contributed by atoms with Gasteiger partial charge in [-0.1, -0.05) is 39.7 Å². The van der Waals surface area contributed by atoms with Crippen molar-refractivity contribution in [1.82, 2.24) is 0 Å². The lowest BCUT2D eigenvalue weighted by molar-refractivity contribution is -0.118. The molecule has 0 spiro atoms. The molecule has 1 aromatic rings. The Morgan fingerprint density at radius 1 is 1.03 bits per heavy atom. The molecule has 1 N–H and O–H groups in total. The summed E-state index contributed by atoms with van der Waals surface area (Å²) in [6.45, 7) is 9.59. The van der Waals surface area contributed by atoms with E-state index in [-0.39, 0.29) is 11.7 Å². The van der Waals surface area contributed by atoms with Gasteiger partial charge in [-0.3, -0.25) is 4.79 Å². The highest BCUT2D eigenvalue weighted by molar-refractivity contribution is 5.91. The van der Waals surface area contributed by atoms with Crippen molar-refractivity contribution in [3.05, 3.63) is 29.6 Å². The summed E-state index contributed by atoms with van der Waals surface area (Å²) in [4.78, 5) is 12.7. The Morgan fingerprint density at radius 3 is 2.65 bits per heavy atom. The summed E-state index contributed by atoms with van der Waals surface area (Å²) < 4.78 is 13.6. The third kappa shape index (κ3) is 4.13. The maximum absolute atomic E-state index is 13.6. The molecule has 34 heavy (non-hydrogen) atoms. The van der Waals surface area contributed by atoms with Crippen LogP contribution in [0.3, 0.4) is 0 Å². The quantitative estimate of drug-likeness (QED) is 0.462. The Labute approximate surface area is 206 Å². The second-order valence-electron chi connectivity index (χ2n) is 13.2. The Bertz CT molecular complexity index is 913. The molecule has 4 fully saturated rings. The zero-order valence-electron chi connectivity index (χ0n) is 22.0. The number of rotatable bonds is 5. The molecular formula is C31H46FNO. The number of fused-ring (bicyclic) bond motifs is 5. The number of carbonyl (C=O) groups is 1. The molecule has 4 aliphatic carbocycles. The second-order valence-corrected chi connectivity index (χ2v) is 13.2. The number of anilines is 1. The monoisotopic (exact) mass is 467 g/mol. The van der Waals surface area contributed by atoms with E-state index < -0.39 is 0 Å². The van der Waals surface area contributed by atoms with Crippen LogP contribution in [0.5, 0.6) is 0 Å². The maximum atomic E-state index is 13.6. The van der Waals surface area contributed by atoms with E-state index >= 15 is 0 Å². The lowest BCUT2D eigenvalue weighted by Crippen LogP contribution is -2.53. The van der Waals surface area contributed by atoms with Gasteiger partial charge in [0.05, 0.1) is 0 Å². The van der Waals surface area contributed by atoms with Crippen molar-refractivity contribution in [3.8, 4) is 0 Å². The van der Waals surface area contributed by atoms with Crippen LogP contribution in [0.4, 0.5) is 10.1 Å². The molecule has 0 bridgehead atoms. The Hall–Kier alpha value is -1.38. The first-order chi connectivity index (χ1) is 16.2. The summed E-state index contributed by atoms with van der Waals surface area (Å²) in [7, 11) is 0. The molecule has 4 saturated carbocycles. The largest absolute Gasteiger partial charge is 0.326 e. The van der Waals surface area contributed by atoms with Gasteiger partial charge in [-0.25, -0.2) is 4.39 Å². The third-order valence-corrected chi connectivity index (χ3v) is 11.6. The van der Waals surface area contributed by atoms with Crippen LogP contribution in [-0.4, -0.2) is 5.91 Å². The fraction of sp³-hybridized carbons (Fsp3) is 0.774. The minimum Gasteiger partial charge on any atom is -0.326 e. The molecule has 2 nitrogen and oxygen atoms in total. The van der Waals surface area contributed by atoms with Gasteiger partial charge in [0, 0.05) is 12.1 Å². The van der Waals surface area contributed by atoms with E-state index in [1.165, 1.54) is 76.3 Å². The van der Waals surface area contributed by atoms with Crippen LogP contribution < -0.4 is 5.32 Å². The van der Waals surface area contributed by atoms with Crippen molar-refractivity contribution in [2.75, 3.05) is 5.32 Å². The molecule has 0 heterocycles. The van der Waals surface area contributed by atoms with Crippen molar-refractivity contribution in [2.45, 2.75) is 105 Å². The van der Waals surface area contributed by atoms with Crippen molar-refractivity contribution in [2.24, 2.45) is 46.3 Å². The molecule has 1 aromatic carbocycles. The predicted molar refractivity (Wildman–Crippen MR) is 138 cm³/mol. The van der Waals surface area contributed by atoms with Gasteiger partial charge in [-0.05, 0) is 129 Å². The smallest absolute Gasteiger partial charge is 0.224 e. The van der Waals surface area contributed by atoms with Crippen LogP contribution in [0.15, 0.2) is 18.2 Å². The molecular weight excluding hydrogens is 421 g/mol. The van der Waals surface area contributed by atoms with Crippen LogP contribution in [0, 0.1) is 59.1 Å². The van der Waals surface area contributed by atoms with Crippen LogP contribution in [0.2, 0.25) is 0 Å². The first-order valence-electron chi connectivity index (χ1n) is 14.3. The first-order valence-corrected chi connectivity index (χ1v) is 14.3. The van der Waals surface area contributed by atoms with Gasteiger partial charge in [-0.15, -0.1) is 0 Å². The topological polar surface area (TPSA) is 29.1 Å². The SMILES string of the molecule is Cc1ccc(F)cc1NC(=O)CC[C@@H](C)C1CCC2C3CCC4CCCCC4(C)C3CCC21C. The summed E-state index contributed by atoms with van der Waals surface area (Å²) in [5, 5.41) is 2.95. The molecule has 0 saturated heterocycles. The standard InChI is InChI=1S/C31H46FNO/c1-20(9-15-29(34)33-28-19-23(32)11-8-21(28)2)25-13-14-26-24-12-10-22-7-5-6-17-30(22,3)27(24)16-18-31(25,26)4/h8,11,19-20,22,24-27H,5-7,9-10,12-18H2,1-4H3,(H,33,34)/t20-,22?,24?,25?,26?,27?,30?,31?/m1/s1. The highest BCUT2D eigenvalue weighted by atomic mass is 19.1. The van der Waals surface area contributed by atoms with Crippen LogP contribution >= 0.6 is 0 Å². The average Bonchev–Trinajstić information content (AvgIpc) is 3.17. The Balaban J connectivity index is 1.22. The van der Waals surface area contributed by atoms with Crippen LogP contribution in [-0.2, 0) is 4.79 Å². The molecule has 1 amide bonds. The van der Waals surface area contributed by atoms with Gasteiger partial charge in [0.15, 0.2) is 0 Å². The molecule has 3 heteroatoms. The molecule has 4 aliphatic rings. The van der Waals surface area contributed by atoms with E-state index in [4.69, 9.17) is 0 Å². The molecule has 5 rings (SSSR count). The van der Waals surface area contributed by atoms with E-state index in [2.05, 4.69) is 26.1 Å². The minimum absolute atomic E-state index is 0.0208. The number of halogens is 1. The lowest BCUT2D eigenvalue weighted by atomic mass is 9.44. The maximum Gasteiger partial charge on any atom is 0.224 e. The van der Waals surface area contributed by atoms with Gasteiger partial charge in [0.1, 0.15) is 5.82 Å². The van der Waals surface area contributed by atoms with Gasteiger partial charge >= 0.3 is 0 Å². The zero-order valence-corrected chi connectivity index (χ0v) is 22.0. The van der Waals surface area contributed by atoms with Gasteiger partial charge in [-0.2, -0.15) is 0 Å². The molecule has 7 unspecified atom stereocenters. The Kier molecular flexibility index (Phi) is 6.61. The number of hydrogen-bond donors (Lipinski definition) is 1. The molecule has 0 radical (unpaired) electrons. The predicted octanol–water partition coefficient (Wildman–Crippen LogP) is 8.54. The molecule has 0 aliphatic heterocycles.